The van der Waals surface area contributed by atoms with E-state index in [9.17, 15) is 9.18 Å². The van der Waals surface area contributed by atoms with Gasteiger partial charge in [-0.25, -0.2) is 4.39 Å². The Labute approximate surface area is 138 Å². The molecular weight excluding hydrogens is 307 g/mol. The Hall–Kier alpha value is -3.21. The second kappa shape index (κ2) is 7.37. The van der Waals surface area contributed by atoms with Crippen molar-refractivity contribution in [2.45, 2.75) is 0 Å². The number of halogens is 1. The number of anilines is 1. The first-order valence-electron chi connectivity index (χ1n) is 7.40. The number of para-hydroxylation sites is 1. The fourth-order valence-corrected chi connectivity index (χ4v) is 2.20. The third-order valence-corrected chi connectivity index (χ3v) is 3.32. The summed E-state index contributed by atoms with van der Waals surface area (Å²) in [6, 6.07) is 17.5. The molecule has 4 nitrogen and oxygen atoms in total. The summed E-state index contributed by atoms with van der Waals surface area (Å²) in [6.07, 6.45) is 3.27. The van der Waals surface area contributed by atoms with Crippen LogP contribution in [0.1, 0.15) is 0 Å². The monoisotopic (exact) mass is 322 g/mol. The Kier molecular flexibility index (Phi) is 4.81. The van der Waals surface area contributed by atoms with E-state index in [1.165, 1.54) is 12.1 Å². The van der Waals surface area contributed by atoms with Gasteiger partial charge in [-0.2, -0.15) is 0 Å². The largest absolute Gasteiger partial charge is 0.481 e. The normalized spacial score (nSPS) is 10.2. The highest BCUT2D eigenvalue weighted by molar-refractivity contribution is 5.92. The first kappa shape index (κ1) is 15.7. The van der Waals surface area contributed by atoms with Crippen LogP contribution >= 0.6 is 0 Å². The Morgan fingerprint density at radius 1 is 1.00 bits per heavy atom. The van der Waals surface area contributed by atoms with Crippen molar-refractivity contribution in [3.05, 3.63) is 78.9 Å². The van der Waals surface area contributed by atoms with Crippen molar-refractivity contribution in [1.82, 2.24) is 4.98 Å². The van der Waals surface area contributed by atoms with E-state index in [0.29, 0.717) is 5.69 Å². The molecule has 2 aromatic carbocycles. The van der Waals surface area contributed by atoms with Crippen molar-refractivity contribution < 1.29 is 13.9 Å². The molecule has 1 amide bonds. The van der Waals surface area contributed by atoms with Crippen LogP contribution in [-0.4, -0.2) is 17.5 Å². The van der Waals surface area contributed by atoms with Gasteiger partial charge >= 0.3 is 0 Å². The van der Waals surface area contributed by atoms with Gasteiger partial charge in [-0.15, -0.1) is 0 Å². The molecule has 0 aliphatic carbocycles. The fraction of sp³-hybridized carbons (Fsp3) is 0.0526. The maximum absolute atomic E-state index is 13.4. The number of pyridine rings is 1. The zero-order chi connectivity index (χ0) is 16.8. The predicted octanol–water partition coefficient (Wildman–Crippen LogP) is 3.91. The van der Waals surface area contributed by atoms with Gasteiger partial charge in [0.2, 0.25) is 0 Å². The lowest BCUT2D eigenvalue weighted by molar-refractivity contribution is -0.118. The predicted molar refractivity (Wildman–Crippen MR) is 90.2 cm³/mol. The van der Waals surface area contributed by atoms with Gasteiger partial charge in [0, 0.05) is 11.8 Å². The molecule has 1 aromatic heterocycles. The van der Waals surface area contributed by atoms with Crippen LogP contribution in [0.3, 0.4) is 0 Å². The van der Waals surface area contributed by atoms with Crippen LogP contribution in [-0.2, 0) is 4.79 Å². The summed E-state index contributed by atoms with van der Waals surface area (Å²) >= 11 is 0. The molecule has 3 aromatic rings. The van der Waals surface area contributed by atoms with Gasteiger partial charge in [-0.1, -0.05) is 42.5 Å². The van der Waals surface area contributed by atoms with Gasteiger partial charge in [-0.3, -0.25) is 9.78 Å². The van der Waals surface area contributed by atoms with E-state index in [-0.39, 0.29) is 18.3 Å². The lowest BCUT2D eigenvalue weighted by Gasteiger charge is -2.09. The van der Waals surface area contributed by atoms with Crippen LogP contribution in [0.4, 0.5) is 10.1 Å². The number of carbonyl (C=O) groups is 1. The highest BCUT2D eigenvalue weighted by Gasteiger charge is 2.08. The molecule has 0 unspecified atom stereocenters. The highest BCUT2D eigenvalue weighted by atomic mass is 19.1. The molecule has 0 atom stereocenters. The summed E-state index contributed by atoms with van der Waals surface area (Å²) in [5, 5.41) is 2.69. The van der Waals surface area contributed by atoms with Crippen molar-refractivity contribution in [3.8, 4) is 16.9 Å². The van der Waals surface area contributed by atoms with Gasteiger partial charge < -0.3 is 10.1 Å². The minimum atomic E-state index is -0.502. The maximum atomic E-state index is 13.4. The molecule has 120 valence electrons. The lowest BCUT2D eigenvalue weighted by atomic mass is 10.1. The fourth-order valence-electron chi connectivity index (χ4n) is 2.20. The molecule has 5 heteroatoms. The van der Waals surface area contributed by atoms with Crippen LogP contribution in [0.25, 0.3) is 11.1 Å². The van der Waals surface area contributed by atoms with E-state index in [4.69, 9.17) is 4.74 Å². The summed E-state index contributed by atoms with van der Waals surface area (Å²) in [5.41, 5.74) is 2.45. The number of hydrogen-bond donors (Lipinski definition) is 1. The molecule has 1 heterocycles. The van der Waals surface area contributed by atoms with Gasteiger partial charge in [-0.05, 0) is 23.8 Å². The Bertz CT molecular complexity index is 838. The van der Waals surface area contributed by atoms with E-state index >= 15 is 0 Å². The SMILES string of the molecule is O=C(COc1ccccc1F)Nc1cncc(-c2ccccc2)c1. The Balaban J connectivity index is 1.64. The summed E-state index contributed by atoms with van der Waals surface area (Å²) in [6.45, 7) is -0.281. The van der Waals surface area contributed by atoms with Crippen molar-refractivity contribution in [2.24, 2.45) is 0 Å². The second-order valence-electron chi connectivity index (χ2n) is 5.10. The summed E-state index contributed by atoms with van der Waals surface area (Å²) in [4.78, 5) is 16.1. The van der Waals surface area contributed by atoms with Gasteiger partial charge in [0.05, 0.1) is 11.9 Å². The number of amides is 1. The molecule has 0 saturated heterocycles. The third-order valence-electron chi connectivity index (χ3n) is 3.32. The minimum Gasteiger partial charge on any atom is -0.481 e. The molecule has 0 aliphatic heterocycles. The van der Waals surface area contributed by atoms with E-state index in [0.717, 1.165) is 11.1 Å². The first-order chi connectivity index (χ1) is 11.7. The number of aromatic nitrogens is 1. The third kappa shape index (κ3) is 3.95. The number of ether oxygens (including phenoxy) is 1. The standard InChI is InChI=1S/C19H15FN2O2/c20-17-8-4-5-9-18(17)24-13-19(23)22-16-10-15(11-21-12-16)14-6-2-1-3-7-14/h1-12H,13H2,(H,22,23). The highest BCUT2D eigenvalue weighted by Crippen LogP contribution is 2.21. The molecule has 1 N–H and O–H groups in total. The minimum absolute atomic E-state index is 0.0452. The van der Waals surface area contributed by atoms with Gasteiger partial charge in [0.1, 0.15) is 0 Å². The molecule has 0 aliphatic rings. The molecule has 3 rings (SSSR count). The average molecular weight is 322 g/mol. The number of nitrogens with one attached hydrogen (secondary N) is 1. The van der Waals surface area contributed by atoms with Crippen molar-refractivity contribution in [1.29, 1.82) is 0 Å². The van der Waals surface area contributed by atoms with Crippen molar-refractivity contribution in [3.63, 3.8) is 0 Å². The average Bonchev–Trinajstić information content (AvgIpc) is 2.62. The van der Waals surface area contributed by atoms with Crippen LogP contribution in [0.5, 0.6) is 5.75 Å². The molecule has 0 bridgehead atoms. The Morgan fingerprint density at radius 3 is 2.54 bits per heavy atom. The maximum Gasteiger partial charge on any atom is 0.262 e. The summed E-state index contributed by atoms with van der Waals surface area (Å²) in [5.74, 6) is -0.841. The van der Waals surface area contributed by atoms with Gasteiger partial charge in [0.25, 0.3) is 5.91 Å². The molecule has 0 saturated carbocycles. The van der Waals surface area contributed by atoms with Gasteiger partial charge in [0.15, 0.2) is 18.2 Å². The zero-order valence-corrected chi connectivity index (χ0v) is 12.8. The lowest BCUT2D eigenvalue weighted by Crippen LogP contribution is -2.20. The van der Waals surface area contributed by atoms with E-state index in [1.54, 1.807) is 24.5 Å². The number of rotatable bonds is 5. The topological polar surface area (TPSA) is 51.2 Å². The Morgan fingerprint density at radius 2 is 1.75 bits per heavy atom. The van der Waals surface area contributed by atoms with Crippen LogP contribution < -0.4 is 10.1 Å². The number of hydrogen-bond acceptors (Lipinski definition) is 3. The number of benzene rings is 2. The van der Waals surface area contributed by atoms with E-state index < -0.39 is 5.82 Å². The molecule has 0 fully saturated rings. The second-order valence-corrected chi connectivity index (χ2v) is 5.10. The van der Waals surface area contributed by atoms with Crippen LogP contribution in [0.15, 0.2) is 73.1 Å². The van der Waals surface area contributed by atoms with E-state index in [1.807, 2.05) is 36.4 Å². The van der Waals surface area contributed by atoms with Crippen LogP contribution in [0, 0.1) is 5.82 Å². The number of nitrogens with zero attached hydrogens (tertiary/aromatic N) is 1. The molecular formula is C19H15FN2O2. The zero-order valence-electron chi connectivity index (χ0n) is 12.8. The molecule has 24 heavy (non-hydrogen) atoms. The smallest absolute Gasteiger partial charge is 0.262 e. The first-order valence-corrected chi connectivity index (χ1v) is 7.40. The van der Waals surface area contributed by atoms with E-state index in [2.05, 4.69) is 10.3 Å². The van der Waals surface area contributed by atoms with Crippen molar-refractivity contribution >= 4 is 11.6 Å². The molecule has 0 radical (unpaired) electrons. The number of carbonyl (C=O) groups excluding carboxylic acids is 1. The quantitative estimate of drug-likeness (QED) is 0.775. The molecule has 0 spiro atoms. The van der Waals surface area contributed by atoms with Crippen molar-refractivity contribution in [2.75, 3.05) is 11.9 Å². The summed E-state index contributed by atoms with van der Waals surface area (Å²) < 4.78 is 18.6. The summed E-state index contributed by atoms with van der Waals surface area (Å²) in [7, 11) is 0. The van der Waals surface area contributed by atoms with Crippen LogP contribution in [0.2, 0.25) is 0 Å².